The smallest absolute Gasteiger partial charge is 0.117 e. The Morgan fingerprint density at radius 2 is 1.62 bits per heavy atom. The van der Waals surface area contributed by atoms with E-state index in [1.165, 1.54) is 13.8 Å². The van der Waals surface area contributed by atoms with Crippen LogP contribution in [0.1, 0.15) is 20.3 Å². The van der Waals surface area contributed by atoms with Crippen LogP contribution < -0.4 is 15.3 Å². The van der Waals surface area contributed by atoms with Crippen LogP contribution in [0.2, 0.25) is 0 Å². The molecular weight excluding hydrogens is 220 g/mol. The number of rotatable bonds is 6. The quantitative estimate of drug-likeness (QED) is 0.486. The summed E-state index contributed by atoms with van der Waals surface area (Å²) in [6.07, 6.45) is -1.37. The fraction of sp³-hybridized carbons (Fsp3) is 0.667. The Hall–Kier alpha value is -1.63. The number of hydrogen-bond acceptors (Lipinski definition) is 7. The number of aliphatic carboxylic acids is 3. The molecule has 2 atom stereocenters. The van der Waals surface area contributed by atoms with Crippen LogP contribution in [-0.4, -0.2) is 28.6 Å². The summed E-state index contributed by atoms with van der Waals surface area (Å²) < 4.78 is 0. The monoisotopic (exact) mass is 231 g/mol. The first kappa shape index (κ1) is 14.4. The van der Waals surface area contributed by atoms with Gasteiger partial charge in [-0.2, -0.15) is 0 Å². The SMILES string of the molecule is CC(C)C(C(=O)[O-])C(O)(CC(=O)[O-])C(=O)[O-]. The summed E-state index contributed by atoms with van der Waals surface area (Å²) in [5.74, 6) is -8.66. The molecule has 0 aliphatic rings. The molecule has 7 heteroatoms. The van der Waals surface area contributed by atoms with Gasteiger partial charge in [0.1, 0.15) is 5.60 Å². The van der Waals surface area contributed by atoms with Gasteiger partial charge in [0.2, 0.25) is 0 Å². The van der Waals surface area contributed by atoms with Crippen LogP contribution in [0.25, 0.3) is 0 Å². The molecule has 0 amide bonds. The molecule has 0 fully saturated rings. The van der Waals surface area contributed by atoms with Crippen molar-refractivity contribution in [1.29, 1.82) is 0 Å². The lowest BCUT2D eigenvalue weighted by Crippen LogP contribution is -2.61. The van der Waals surface area contributed by atoms with Crippen LogP contribution in [-0.2, 0) is 14.4 Å². The van der Waals surface area contributed by atoms with Gasteiger partial charge in [-0.05, 0) is 5.92 Å². The first-order valence-electron chi connectivity index (χ1n) is 4.47. The summed E-state index contributed by atoms with van der Waals surface area (Å²) in [6.45, 7) is 2.62. The molecule has 0 saturated heterocycles. The van der Waals surface area contributed by atoms with E-state index < -0.39 is 41.8 Å². The van der Waals surface area contributed by atoms with Gasteiger partial charge in [0.05, 0.1) is 5.97 Å². The molecule has 2 unspecified atom stereocenters. The molecule has 0 spiro atoms. The zero-order valence-electron chi connectivity index (χ0n) is 8.76. The Labute approximate surface area is 91.3 Å². The molecule has 0 aliphatic heterocycles. The Kier molecular flexibility index (Phi) is 4.43. The van der Waals surface area contributed by atoms with Gasteiger partial charge in [-0.15, -0.1) is 0 Å². The first-order valence-corrected chi connectivity index (χ1v) is 4.47. The lowest BCUT2D eigenvalue weighted by atomic mass is 9.77. The second kappa shape index (κ2) is 4.93. The van der Waals surface area contributed by atoms with Gasteiger partial charge in [-0.25, -0.2) is 0 Å². The topological polar surface area (TPSA) is 141 Å². The van der Waals surface area contributed by atoms with E-state index >= 15 is 0 Å². The molecule has 0 aromatic heterocycles. The zero-order valence-corrected chi connectivity index (χ0v) is 8.76. The van der Waals surface area contributed by atoms with E-state index in [9.17, 15) is 34.8 Å². The van der Waals surface area contributed by atoms with Crippen LogP contribution in [0.5, 0.6) is 0 Å². The van der Waals surface area contributed by atoms with Gasteiger partial charge in [0.25, 0.3) is 0 Å². The fourth-order valence-electron chi connectivity index (χ4n) is 1.55. The first-order chi connectivity index (χ1) is 7.12. The predicted octanol–water partition coefficient (Wildman–Crippen LogP) is -4.37. The Morgan fingerprint density at radius 3 is 1.81 bits per heavy atom. The van der Waals surface area contributed by atoms with Crippen LogP contribution >= 0.6 is 0 Å². The highest BCUT2D eigenvalue weighted by atomic mass is 16.4. The maximum atomic E-state index is 10.7. The average molecular weight is 231 g/mol. The van der Waals surface area contributed by atoms with Crippen molar-refractivity contribution in [3.8, 4) is 0 Å². The van der Waals surface area contributed by atoms with Gasteiger partial charge in [-0.3, -0.25) is 0 Å². The number of carbonyl (C=O) groups excluding carboxylic acids is 3. The second-order valence-corrected chi connectivity index (χ2v) is 3.80. The van der Waals surface area contributed by atoms with Crippen molar-refractivity contribution in [2.45, 2.75) is 25.9 Å². The lowest BCUT2D eigenvalue weighted by Gasteiger charge is -2.40. The van der Waals surface area contributed by atoms with Crippen molar-refractivity contribution in [2.75, 3.05) is 0 Å². The van der Waals surface area contributed by atoms with E-state index in [0.29, 0.717) is 0 Å². The minimum Gasteiger partial charge on any atom is -0.550 e. The molecule has 0 aliphatic carbocycles. The molecule has 7 nitrogen and oxygen atoms in total. The highest BCUT2D eigenvalue weighted by molar-refractivity contribution is 5.87. The van der Waals surface area contributed by atoms with E-state index in [0.717, 1.165) is 0 Å². The summed E-state index contributed by atoms with van der Waals surface area (Å²) in [4.78, 5) is 31.7. The van der Waals surface area contributed by atoms with Crippen molar-refractivity contribution in [3.63, 3.8) is 0 Å². The molecule has 0 saturated carbocycles. The van der Waals surface area contributed by atoms with Crippen LogP contribution in [0.15, 0.2) is 0 Å². The van der Waals surface area contributed by atoms with Gasteiger partial charge in [0, 0.05) is 24.3 Å². The Morgan fingerprint density at radius 1 is 1.19 bits per heavy atom. The van der Waals surface area contributed by atoms with Gasteiger partial charge in [-0.1, -0.05) is 13.8 Å². The number of carbonyl (C=O) groups is 3. The summed E-state index contributed by atoms with van der Waals surface area (Å²) >= 11 is 0. The number of hydrogen-bond donors (Lipinski definition) is 1. The number of carboxylic acids is 3. The molecule has 0 radical (unpaired) electrons. The molecule has 0 bridgehead atoms. The van der Waals surface area contributed by atoms with Crippen molar-refractivity contribution in [2.24, 2.45) is 11.8 Å². The molecule has 0 aromatic carbocycles. The van der Waals surface area contributed by atoms with Gasteiger partial charge in [0.15, 0.2) is 0 Å². The van der Waals surface area contributed by atoms with Crippen LogP contribution in [0, 0.1) is 11.8 Å². The summed E-state index contributed by atoms with van der Waals surface area (Å²) in [5.41, 5.74) is -3.04. The van der Waals surface area contributed by atoms with E-state index in [4.69, 9.17) is 0 Å². The Balaban J connectivity index is 5.37. The fourth-order valence-corrected chi connectivity index (χ4v) is 1.55. The zero-order chi connectivity index (χ0) is 13.1. The molecule has 0 aromatic rings. The molecule has 1 N–H and O–H groups in total. The third-order valence-corrected chi connectivity index (χ3v) is 2.20. The minimum atomic E-state index is -3.04. The molecule has 92 valence electrons. The lowest BCUT2D eigenvalue weighted by molar-refractivity contribution is -0.348. The van der Waals surface area contributed by atoms with Crippen molar-refractivity contribution >= 4 is 17.9 Å². The number of aliphatic hydroxyl groups is 1. The van der Waals surface area contributed by atoms with E-state index in [1.807, 2.05) is 0 Å². The Bertz CT molecular complexity index is 309. The van der Waals surface area contributed by atoms with Crippen LogP contribution in [0.3, 0.4) is 0 Å². The third kappa shape index (κ3) is 2.93. The predicted molar refractivity (Wildman–Crippen MR) is 42.9 cm³/mol. The highest BCUT2D eigenvalue weighted by Gasteiger charge is 2.41. The summed E-state index contributed by atoms with van der Waals surface area (Å²) in [6, 6.07) is 0. The standard InChI is InChI=1S/C9H14O7/c1-4(2)6(7(12)13)9(16,8(14)15)3-5(10)11/h4,6,16H,3H2,1-2H3,(H,10,11)(H,12,13)(H,14,15)/p-3. The largest absolute Gasteiger partial charge is 0.550 e. The summed E-state index contributed by atoms with van der Waals surface area (Å²) in [5, 5.41) is 41.2. The maximum Gasteiger partial charge on any atom is 0.117 e. The van der Waals surface area contributed by atoms with Gasteiger partial charge >= 0.3 is 0 Å². The third-order valence-electron chi connectivity index (χ3n) is 2.20. The maximum absolute atomic E-state index is 10.7. The summed E-state index contributed by atoms with van der Waals surface area (Å²) in [7, 11) is 0. The average Bonchev–Trinajstić information content (AvgIpc) is 1.99. The van der Waals surface area contributed by atoms with Crippen molar-refractivity contribution in [1.82, 2.24) is 0 Å². The number of carboxylic acid groups (broad SMARTS) is 3. The second-order valence-electron chi connectivity index (χ2n) is 3.80. The van der Waals surface area contributed by atoms with Crippen molar-refractivity contribution < 1.29 is 34.8 Å². The molecule has 0 rings (SSSR count). The van der Waals surface area contributed by atoms with E-state index in [2.05, 4.69) is 0 Å². The van der Waals surface area contributed by atoms with Gasteiger partial charge < -0.3 is 34.8 Å². The minimum absolute atomic E-state index is 0.841. The molecular formula is C9H11O7-3. The van der Waals surface area contributed by atoms with E-state index in [-0.39, 0.29) is 0 Å². The molecule has 0 heterocycles. The molecule has 16 heavy (non-hydrogen) atoms. The van der Waals surface area contributed by atoms with Crippen molar-refractivity contribution in [3.05, 3.63) is 0 Å². The normalized spacial score (nSPS) is 16.5. The highest BCUT2D eigenvalue weighted by Crippen LogP contribution is 2.27. The van der Waals surface area contributed by atoms with E-state index in [1.54, 1.807) is 0 Å². The van der Waals surface area contributed by atoms with Crippen LogP contribution in [0.4, 0.5) is 0 Å².